The average molecular weight is 154 g/mol. The summed E-state index contributed by atoms with van der Waals surface area (Å²) in [6.07, 6.45) is 7.27. The van der Waals surface area contributed by atoms with E-state index in [4.69, 9.17) is 5.11 Å². The van der Waals surface area contributed by atoms with E-state index in [0.29, 0.717) is 5.78 Å². The van der Waals surface area contributed by atoms with Crippen LogP contribution in [0.15, 0.2) is 12.2 Å². The molecule has 11 heavy (non-hydrogen) atoms. The van der Waals surface area contributed by atoms with Gasteiger partial charge in [-0.1, -0.05) is 12.2 Å². The van der Waals surface area contributed by atoms with Crippen LogP contribution in [0.4, 0.5) is 0 Å². The maximum absolute atomic E-state index is 11.1. The Morgan fingerprint density at radius 2 is 2.36 bits per heavy atom. The van der Waals surface area contributed by atoms with Gasteiger partial charge in [0.1, 0.15) is 5.78 Å². The first-order chi connectivity index (χ1) is 5.34. The van der Waals surface area contributed by atoms with E-state index in [2.05, 4.69) is 0 Å². The molecule has 2 nitrogen and oxygen atoms in total. The van der Waals surface area contributed by atoms with Crippen molar-refractivity contribution in [3.8, 4) is 0 Å². The average Bonchev–Trinajstić information content (AvgIpc) is 2.37. The fourth-order valence-corrected chi connectivity index (χ4v) is 1.47. The lowest BCUT2D eigenvalue weighted by Crippen LogP contribution is -2.04. The van der Waals surface area contributed by atoms with Crippen molar-refractivity contribution in [2.75, 3.05) is 6.61 Å². The predicted molar refractivity (Wildman–Crippen MR) is 43.2 cm³/mol. The first-order valence-electron chi connectivity index (χ1n) is 4.13. The zero-order valence-electron chi connectivity index (χ0n) is 6.62. The number of aliphatic hydroxyl groups excluding tert-OH is 1. The second-order valence-corrected chi connectivity index (χ2v) is 2.95. The van der Waals surface area contributed by atoms with Gasteiger partial charge in [-0.3, -0.25) is 4.79 Å². The minimum atomic E-state index is 0.0842. The largest absolute Gasteiger partial charge is 0.392 e. The van der Waals surface area contributed by atoms with Gasteiger partial charge >= 0.3 is 0 Å². The lowest BCUT2D eigenvalue weighted by molar-refractivity contribution is -0.120. The zero-order valence-corrected chi connectivity index (χ0v) is 6.62. The third-order valence-corrected chi connectivity index (χ3v) is 2.12. The number of ketones is 1. The van der Waals surface area contributed by atoms with Crippen molar-refractivity contribution >= 4 is 5.78 Å². The van der Waals surface area contributed by atoms with E-state index in [1.54, 1.807) is 6.08 Å². The van der Waals surface area contributed by atoms with Crippen LogP contribution in [0.5, 0.6) is 0 Å². The van der Waals surface area contributed by atoms with Crippen molar-refractivity contribution in [2.24, 2.45) is 5.92 Å². The predicted octanol–water partition coefficient (Wildman–Crippen LogP) is 1.29. The Hall–Kier alpha value is -0.630. The maximum atomic E-state index is 11.1. The molecule has 0 aromatic rings. The van der Waals surface area contributed by atoms with Crippen LogP contribution in [0.3, 0.4) is 0 Å². The van der Waals surface area contributed by atoms with Crippen LogP contribution in [0.2, 0.25) is 0 Å². The van der Waals surface area contributed by atoms with Gasteiger partial charge in [0.25, 0.3) is 0 Å². The van der Waals surface area contributed by atoms with Gasteiger partial charge in [-0.05, 0) is 19.3 Å². The molecule has 1 unspecified atom stereocenters. The molecule has 1 atom stereocenters. The number of Topliss-reactive ketones (excluding diaryl/α,β-unsaturated/α-hetero) is 1. The molecule has 0 aliphatic heterocycles. The van der Waals surface area contributed by atoms with E-state index in [0.717, 1.165) is 25.7 Å². The number of allylic oxidation sites excluding steroid dienone is 1. The summed E-state index contributed by atoms with van der Waals surface area (Å²) in [5.41, 5.74) is 0. The first-order valence-corrected chi connectivity index (χ1v) is 4.13. The number of aliphatic hydroxyl groups is 1. The molecular formula is C9H14O2. The van der Waals surface area contributed by atoms with Crippen LogP contribution in [-0.4, -0.2) is 17.5 Å². The van der Waals surface area contributed by atoms with Crippen molar-refractivity contribution in [3.63, 3.8) is 0 Å². The van der Waals surface area contributed by atoms with Crippen molar-refractivity contribution in [1.82, 2.24) is 0 Å². The Morgan fingerprint density at radius 1 is 1.55 bits per heavy atom. The molecular weight excluding hydrogens is 140 g/mol. The van der Waals surface area contributed by atoms with Crippen LogP contribution >= 0.6 is 0 Å². The van der Waals surface area contributed by atoms with E-state index in [9.17, 15) is 4.79 Å². The molecule has 0 spiro atoms. The van der Waals surface area contributed by atoms with E-state index in [1.165, 1.54) is 0 Å². The lowest BCUT2D eigenvalue weighted by atomic mass is 10.0. The van der Waals surface area contributed by atoms with Crippen molar-refractivity contribution < 1.29 is 9.90 Å². The summed E-state index contributed by atoms with van der Waals surface area (Å²) in [4.78, 5) is 11.1. The molecule has 2 heteroatoms. The van der Waals surface area contributed by atoms with Gasteiger partial charge in [0, 0.05) is 12.3 Å². The Labute approximate surface area is 66.9 Å². The van der Waals surface area contributed by atoms with Crippen LogP contribution in [-0.2, 0) is 4.79 Å². The minimum Gasteiger partial charge on any atom is -0.392 e. The summed E-state index contributed by atoms with van der Waals surface area (Å²) in [7, 11) is 0. The van der Waals surface area contributed by atoms with Crippen molar-refractivity contribution in [3.05, 3.63) is 12.2 Å². The molecule has 0 aromatic heterocycles. The van der Waals surface area contributed by atoms with Gasteiger partial charge in [-0.25, -0.2) is 0 Å². The molecule has 0 radical (unpaired) electrons. The number of rotatable bonds is 3. The van der Waals surface area contributed by atoms with Gasteiger partial charge in [-0.2, -0.15) is 0 Å². The molecule has 0 saturated heterocycles. The quantitative estimate of drug-likeness (QED) is 0.622. The van der Waals surface area contributed by atoms with E-state index < -0.39 is 0 Å². The minimum absolute atomic E-state index is 0.0842. The van der Waals surface area contributed by atoms with Gasteiger partial charge in [0.2, 0.25) is 0 Å². The molecule has 0 amide bonds. The standard InChI is InChI=1S/C9H14O2/c10-7-2-1-4-8-5-3-6-9(8)11/h1-2,8,10H,3-7H2/b2-1+. The third-order valence-electron chi connectivity index (χ3n) is 2.12. The summed E-state index contributed by atoms with van der Waals surface area (Å²) in [5, 5.41) is 8.43. The molecule has 1 saturated carbocycles. The Morgan fingerprint density at radius 3 is 2.91 bits per heavy atom. The highest BCUT2D eigenvalue weighted by Gasteiger charge is 2.22. The van der Waals surface area contributed by atoms with Crippen LogP contribution in [0.1, 0.15) is 25.7 Å². The highest BCUT2D eigenvalue weighted by Crippen LogP contribution is 2.24. The lowest BCUT2D eigenvalue weighted by Gasteiger charge is -2.01. The smallest absolute Gasteiger partial charge is 0.136 e. The summed E-state index contributed by atoms with van der Waals surface area (Å²) < 4.78 is 0. The van der Waals surface area contributed by atoms with Crippen LogP contribution in [0.25, 0.3) is 0 Å². The third kappa shape index (κ3) is 2.46. The summed E-state index contributed by atoms with van der Waals surface area (Å²) in [6, 6.07) is 0. The fraction of sp³-hybridized carbons (Fsp3) is 0.667. The van der Waals surface area contributed by atoms with E-state index in [-0.39, 0.29) is 12.5 Å². The number of carbonyl (C=O) groups is 1. The number of carbonyl (C=O) groups excluding carboxylic acids is 1. The van der Waals surface area contributed by atoms with Crippen molar-refractivity contribution in [2.45, 2.75) is 25.7 Å². The van der Waals surface area contributed by atoms with Crippen LogP contribution < -0.4 is 0 Å². The second kappa shape index (κ2) is 4.29. The van der Waals surface area contributed by atoms with Crippen LogP contribution in [0, 0.1) is 5.92 Å². The van der Waals surface area contributed by atoms with Gasteiger partial charge in [0.05, 0.1) is 6.61 Å². The SMILES string of the molecule is O=C1CCCC1C/C=C/CO. The molecule has 1 fully saturated rings. The molecule has 1 aliphatic carbocycles. The Kier molecular flexibility index (Phi) is 3.30. The molecule has 62 valence electrons. The molecule has 0 aromatic carbocycles. The van der Waals surface area contributed by atoms with E-state index in [1.807, 2.05) is 6.08 Å². The van der Waals surface area contributed by atoms with Crippen molar-refractivity contribution in [1.29, 1.82) is 0 Å². The van der Waals surface area contributed by atoms with Gasteiger partial charge < -0.3 is 5.11 Å². The number of hydrogen-bond donors (Lipinski definition) is 1. The fourth-order valence-electron chi connectivity index (χ4n) is 1.47. The highest BCUT2D eigenvalue weighted by molar-refractivity contribution is 5.82. The number of hydrogen-bond acceptors (Lipinski definition) is 2. The highest BCUT2D eigenvalue weighted by atomic mass is 16.2. The molecule has 1 aliphatic rings. The first kappa shape index (κ1) is 8.47. The Balaban J connectivity index is 2.25. The van der Waals surface area contributed by atoms with Gasteiger partial charge in [-0.15, -0.1) is 0 Å². The molecule has 0 bridgehead atoms. The topological polar surface area (TPSA) is 37.3 Å². The summed E-state index contributed by atoms with van der Waals surface area (Å²) in [6.45, 7) is 0.0842. The van der Waals surface area contributed by atoms with E-state index >= 15 is 0 Å². The summed E-state index contributed by atoms with van der Waals surface area (Å²) in [5.74, 6) is 0.644. The molecule has 1 rings (SSSR count). The normalized spacial score (nSPS) is 25.2. The molecule has 0 heterocycles. The summed E-state index contributed by atoms with van der Waals surface area (Å²) >= 11 is 0. The monoisotopic (exact) mass is 154 g/mol. The second-order valence-electron chi connectivity index (χ2n) is 2.95. The Bertz CT molecular complexity index is 161. The zero-order chi connectivity index (χ0) is 8.10. The maximum Gasteiger partial charge on any atom is 0.136 e. The molecule has 1 N–H and O–H groups in total. The van der Waals surface area contributed by atoms with Gasteiger partial charge in [0.15, 0.2) is 0 Å².